The van der Waals surface area contributed by atoms with Gasteiger partial charge in [0.1, 0.15) is 17.8 Å². The summed E-state index contributed by atoms with van der Waals surface area (Å²) in [6.45, 7) is 0. The Kier molecular flexibility index (Phi) is 3.04. The second kappa shape index (κ2) is 5.00. The number of nitrogen functional groups attached to an aromatic ring is 1. The molecule has 0 aliphatic rings. The lowest BCUT2D eigenvalue weighted by Gasteiger charge is -2.08. The summed E-state index contributed by atoms with van der Waals surface area (Å²) in [5, 5.41) is 4.00. The van der Waals surface area contributed by atoms with Crippen molar-refractivity contribution in [2.45, 2.75) is 0 Å². The number of methoxy groups -OCH3 is 1. The van der Waals surface area contributed by atoms with Gasteiger partial charge >= 0.3 is 0 Å². The van der Waals surface area contributed by atoms with Gasteiger partial charge in [0.05, 0.1) is 12.7 Å². The van der Waals surface area contributed by atoms with Crippen LogP contribution in [0.1, 0.15) is 0 Å². The molecule has 20 heavy (non-hydrogen) atoms. The minimum Gasteiger partial charge on any atom is -0.496 e. The van der Waals surface area contributed by atoms with Gasteiger partial charge in [0.25, 0.3) is 0 Å². The highest BCUT2D eigenvalue weighted by atomic mass is 16.5. The summed E-state index contributed by atoms with van der Waals surface area (Å²) >= 11 is 0. The van der Waals surface area contributed by atoms with E-state index < -0.39 is 0 Å². The van der Waals surface area contributed by atoms with Crippen LogP contribution in [0.15, 0.2) is 47.5 Å². The van der Waals surface area contributed by atoms with Gasteiger partial charge in [-0.2, -0.15) is 0 Å². The predicted molar refractivity (Wildman–Crippen MR) is 73.9 cm³/mol. The maximum absolute atomic E-state index is 5.91. The topological polar surface area (TPSA) is 87.1 Å². The molecule has 0 saturated carbocycles. The van der Waals surface area contributed by atoms with E-state index in [9.17, 15) is 0 Å². The van der Waals surface area contributed by atoms with Crippen molar-refractivity contribution >= 4 is 5.88 Å². The van der Waals surface area contributed by atoms with Gasteiger partial charge in [0.15, 0.2) is 0 Å². The monoisotopic (exact) mass is 268 g/mol. The second-order valence-electron chi connectivity index (χ2n) is 4.10. The molecule has 0 amide bonds. The predicted octanol–water partition coefficient (Wildman–Crippen LogP) is 2.39. The van der Waals surface area contributed by atoms with Crippen molar-refractivity contribution < 1.29 is 9.26 Å². The van der Waals surface area contributed by atoms with Crippen LogP contribution in [0.5, 0.6) is 5.75 Å². The molecule has 1 aromatic carbocycles. The lowest BCUT2D eigenvalue weighted by atomic mass is 10.0. The number of benzene rings is 1. The molecule has 0 unspecified atom stereocenters. The highest BCUT2D eigenvalue weighted by Crippen LogP contribution is 2.40. The van der Waals surface area contributed by atoms with E-state index in [0.29, 0.717) is 17.0 Å². The van der Waals surface area contributed by atoms with Gasteiger partial charge in [-0.05, 0) is 6.07 Å². The van der Waals surface area contributed by atoms with Crippen LogP contribution in [0.2, 0.25) is 0 Å². The zero-order valence-electron chi connectivity index (χ0n) is 10.8. The lowest BCUT2D eigenvalue weighted by molar-refractivity contribution is 0.416. The third-order valence-electron chi connectivity index (χ3n) is 2.93. The Balaban J connectivity index is 2.22. The molecular weight excluding hydrogens is 256 g/mol. The van der Waals surface area contributed by atoms with Crippen LogP contribution in [0.25, 0.3) is 22.4 Å². The van der Waals surface area contributed by atoms with Gasteiger partial charge in [0, 0.05) is 23.5 Å². The number of rotatable bonds is 3. The molecule has 0 aliphatic carbocycles. The van der Waals surface area contributed by atoms with Crippen LogP contribution in [-0.2, 0) is 0 Å². The molecule has 0 saturated heterocycles. The summed E-state index contributed by atoms with van der Waals surface area (Å²) in [6.07, 6.45) is 4.77. The van der Waals surface area contributed by atoms with Crippen LogP contribution in [0.3, 0.4) is 0 Å². The van der Waals surface area contributed by atoms with Gasteiger partial charge in [-0.15, -0.1) is 0 Å². The van der Waals surface area contributed by atoms with Crippen LogP contribution in [0, 0.1) is 0 Å². The average Bonchev–Trinajstić information content (AvgIpc) is 2.89. The summed E-state index contributed by atoms with van der Waals surface area (Å²) in [7, 11) is 1.60. The molecule has 0 atom stereocenters. The third kappa shape index (κ3) is 1.97. The number of nitrogens with zero attached hydrogens (tertiary/aromatic N) is 3. The summed E-state index contributed by atoms with van der Waals surface area (Å²) < 4.78 is 10.5. The van der Waals surface area contributed by atoms with Gasteiger partial charge in [-0.1, -0.05) is 23.4 Å². The smallest absolute Gasteiger partial charge is 0.230 e. The van der Waals surface area contributed by atoms with E-state index in [0.717, 1.165) is 11.1 Å². The molecule has 3 rings (SSSR count). The van der Waals surface area contributed by atoms with Crippen LogP contribution >= 0.6 is 0 Å². The van der Waals surface area contributed by atoms with Gasteiger partial charge < -0.3 is 15.0 Å². The zero-order chi connectivity index (χ0) is 13.9. The SMILES string of the molecule is COc1ccccc1-c1c(-c2cncnc2)noc1N. The molecule has 3 aromatic rings. The second-order valence-corrected chi connectivity index (χ2v) is 4.10. The molecule has 0 radical (unpaired) electrons. The Morgan fingerprint density at radius 1 is 1.15 bits per heavy atom. The highest BCUT2D eigenvalue weighted by Gasteiger charge is 2.20. The van der Waals surface area contributed by atoms with Gasteiger partial charge in [0.2, 0.25) is 5.88 Å². The molecular formula is C14H12N4O2. The number of aromatic nitrogens is 3. The fourth-order valence-corrected chi connectivity index (χ4v) is 2.03. The van der Waals surface area contributed by atoms with E-state index in [2.05, 4.69) is 15.1 Å². The summed E-state index contributed by atoms with van der Waals surface area (Å²) in [6, 6.07) is 7.54. The Hall–Kier alpha value is -2.89. The van der Waals surface area contributed by atoms with Gasteiger partial charge in [-0.25, -0.2) is 9.97 Å². The Morgan fingerprint density at radius 2 is 1.90 bits per heavy atom. The number of hydrogen-bond donors (Lipinski definition) is 1. The first-order chi connectivity index (χ1) is 9.81. The molecule has 6 nitrogen and oxygen atoms in total. The first-order valence-electron chi connectivity index (χ1n) is 5.95. The van der Waals surface area contributed by atoms with E-state index >= 15 is 0 Å². The molecule has 0 fully saturated rings. The number of anilines is 1. The minimum atomic E-state index is 0.230. The van der Waals surface area contributed by atoms with E-state index in [-0.39, 0.29) is 5.88 Å². The number of hydrogen-bond acceptors (Lipinski definition) is 6. The molecule has 2 heterocycles. The van der Waals surface area contributed by atoms with Gasteiger partial charge in [-0.3, -0.25) is 0 Å². The molecule has 0 spiro atoms. The minimum absolute atomic E-state index is 0.230. The van der Waals surface area contributed by atoms with Crippen LogP contribution in [-0.4, -0.2) is 22.2 Å². The van der Waals surface area contributed by atoms with Crippen molar-refractivity contribution in [3.05, 3.63) is 43.0 Å². The first-order valence-corrected chi connectivity index (χ1v) is 5.95. The fourth-order valence-electron chi connectivity index (χ4n) is 2.03. The van der Waals surface area contributed by atoms with E-state index in [1.54, 1.807) is 19.5 Å². The Labute approximate surface area is 115 Å². The Bertz CT molecular complexity index is 725. The maximum atomic E-state index is 5.91. The standard InChI is InChI=1S/C14H12N4O2/c1-19-11-5-3-2-4-10(11)12-13(18-20-14(12)15)9-6-16-8-17-7-9/h2-8H,15H2,1H3. The first kappa shape index (κ1) is 12.2. The number of para-hydroxylation sites is 1. The van der Waals surface area contributed by atoms with E-state index in [4.69, 9.17) is 15.0 Å². The van der Waals surface area contributed by atoms with Crippen molar-refractivity contribution in [2.75, 3.05) is 12.8 Å². The quantitative estimate of drug-likeness (QED) is 0.784. The fraction of sp³-hybridized carbons (Fsp3) is 0.0714. The highest BCUT2D eigenvalue weighted by molar-refractivity contribution is 5.89. The van der Waals surface area contributed by atoms with Crippen molar-refractivity contribution in [1.29, 1.82) is 0 Å². The van der Waals surface area contributed by atoms with E-state index in [1.165, 1.54) is 6.33 Å². The van der Waals surface area contributed by atoms with Crippen molar-refractivity contribution in [1.82, 2.24) is 15.1 Å². The van der Waals surface area contributed by atoms with Crippen molar-refractivity contribution in [3.63, 3.8) is 0 Å². The average molecular weight is 268 g/mol. The number of nitrogens with two attached hydrogens (primary N) is 1. The molecule has 0 aliphatic heterocycles. The lowest BCUT2D eigenvalue weighted by Crippen LogP contribution is -1.92. The van der Waals surface area contributed by atoms with Crippen LogP contribution < -0.4 is 10.5 Å². The molecule has 2 aromatic heterocycles. The molecule has 2 N–H and O–H groups in total. The van der Waals surface area contributed by atoms with Crippen molar-refractivity contribution in [2.24, 2.45) is 0 Å². The third-order valence-corrected chi connectivity index (χ3v) is 2.93. The Morgan fingerprint density at radius 3 is 2.65 bits per heavy atom. The van der Waals surface area contributed by atoms with Crippen LogP contribution in [0.4, 0.5) is 5.88 Å². The van der Waals surface area contributed by atoms with E-state index in [1.807, 2.05) is 24.3 Å². The summed E-state index contributed by atoms with van der Waals surface area (Å²) in [5.74, 6) is 0.925. The number of ether oxygens (including phenoxy) is 1. The molecule has 100 valence electrons. The normalized spacial score (nSPS) is 10.4. The van der Waals surface area contributed by atoms with Crippen molar-refractivity contribution in [3.8, 4) is 28.1 Å². The molecule has 6 heteroatoms. The summed E-state index contributed by atoms with van der Waals surface area (Å²) in [4.78, 5) is 7.97. The summed E-state index contributed by atoms with van der Waals surface area (Å²) in [5.41, 5.74) is 8.72. The zero-order valence-corrected chi connectivity index (χ0v) is 10.8. The molecule has 0 bridgehead atoms. The maximum Gasteiger partial charge on any atom is 0.230 e. The largest absolute Gasteiger partial charge is 0.496 e.